The third-order valence-electron chi connectivity index (χ3n) is 6.05. The zero-order valence-corrected chi connectivity index (χ0v) is 20.7. The van der Waals surface area contributed by atoms with Crippen molar-refractivity contribution >= 4 is 11.6 Å². The van der Waals surface area contributed by atoms with Gasteiger partial charge in [-0.05, 0) is 50.3 Å². The molecule has 0 aliphatic heterocycles. The summed E-state index contributed by atoms with van der Waals surface area (Å²) in [4.78, 5) is 0. The molecule has 2 atom stereocenters. The summed E-state index contributed by atoms with van der Waals surface area (Å²) in [6.45, 7) is 8.43. The highest BCUT2D eigenvalue weighted by molar-refractivity contribution is 6.20. The van der Waals surface area contributed by atoms with E-state index in [4.69, 9.17) is 16.3 Å². The molecule has 0 heterocycles. The fraction of sp³-hybridized carbons (Fsp3) is 0.750. The Morgan fingerprint density at radius 3 is 1.93 bits per heavy atom. The van der Waals surface area contributed by atoms with Gasteiger partial charge in [-0.25, -0.2) is 0 Å². The topological polar surface area (TPSA) is 9.23 Å². The molecule has 0 N–H and O–H groups in total. The van der Waals surface area contributed by atoms with Crippen LogP contribution in [0.25, 0.3) is 0 Å². The Morgan fingerprint density at radius 2 is 1.40 bits per heavy atom. The van der Waals surface area contributed by atoms with E-state index in [1.807, 2.05) is 0 Å². The molecule has 0 saturated carbocycles. The summed E-state index contributed by atoms with van der Waals surface area (Å²) in [5.74, 6) is 0.968. The molecule has 0 amide bonds. The lowest BCUT2D eigenvalue weighted by Crippen LogP contribution is -2.20. The molecule has 1 aromatic rings. The molecule has 2 heteroatoms. The molecule has 1 aromatic carbocycles. The van der Waals surface area contributed by atoms with Crippen LogP contribution < -0.4 is 4.74 Å². The van der Waals surface area contributed by atoms with E-state index in [1.165, 1.54) is 89.0 Å². The van der Waals surface area contributed by atoms with Gasteiger partial charge in [0.2, 0.25) is 0 Å². The largest absolute Gasteiger partial charge is 0.490 e. The van der Waals surface area contributed by atoms with Crippen LogP contribution in [0.4, 0.5) is 0 Å². The maximum absolute atomic E-state index is 6.30. The van der Waals surface area contributed by atoms with Crippen molar-refractivity contribution in [2.45, 2.75) is 134 Å². The van der Waals surface area contributed by atoms with Crippen molar-refractivity contribution in [2.75, 3.05) is 0 Å². The van der Waals surface area contributed by atoms with Crippen molar-refractivity contribution in [3.8, 4) is 5.75 Å². The molecular weight excluding hydrogens is 388 g/mol. The van der Waals surface area contributed by atoms with Gasteiger partial charge in [-0.15, -0.1) is 11.6 Å². The third-order valence-corrected chi connectivity index (χ3v) is 6.54. The Labute approximate surface area is 193 Å². The number of aryl methyl sites for hydroxylation is 1. The molecule has 173 valence electrons. The molecule has 0 aromatic heterocycles. The molecule has 0 aliphatic rings. The zero-order chi connectivity index (χ0) is 21.9. The maximum atomic E-state index is 6.30. The van der Waals surface area contributed by atoms with Gasteiger partial charge in [0, 0.05) is 11.8 Å². The Bertz CT molecular complexity index is 501. The molecule has 0 saturated heterocycles. The molecule has 2 unspecified atom stereocenters. The molecule has 0 spiro atoms. The molecule has 1 nitrogen and oxygen atoms in total. The molecule has 30 heavy (non-hydrogen) atoms. The first-order valence-electron chi connectivity index (χ1n) is 12.9. The van der Waals surface area contributed by atoms with E-state index in [0.29, 0.717) is 0 Å². The van der Waals surface area contributed by atoms with Crippen LogP contribution in [0.15, 0.2) is 24.3 Å². The Morgan fingerprint density at radius 1 is 0.833 bits per heavy atom. The minimum Gasteiger partial charge on any atom is -0.490 e. The lowest BCUT2D eigenvalue weighted by atomic mass is 10.0. The second-order valence-corrected chi connectivity index (χ2v) is 9.53. The van der Waals surface area contributed by atoms with E-state index in [1.54, 1.807) is 0 Å². The molecule has 0 bridgehead atoms. The molecule has 0 aliphatic carbocycles. The summed E-state index contributed by atoms with van der Waals surface area (Å²) >= 11 is 6.30. The van der Waals surface area contributed by atoms with Crippen LogP contribution in [-0.2, 0) is 6.42 Å². The van der Waals surface area contributed by atoms with E-state index in [0.717, 1.165) is 31.4 Å². The fourth-order valence-corrected chi connectivity index (χ4v) is 4.19. The van der Waals surface area contributed by atoms with Gasteiger partial charge in [-0.2, -0.15) is 0 Å². The second-order valence-electron chi connectivity index (χ2n) is 8.91. The van der Waals surface area contributed by atoms with Crippen LogP contribution in [0, 0.1) is 6.92 Å². The summed E-state index contributed by atoms with van der Waals surface area (Å²) in [6, 6.07) is 8.61. The first kappa shape index (κ1) is 27.3. The normalized spacial score (nSPS) is 13.3. The fourth-order valence-electron chi connectivity index (χ4n) is 3.99. The average molecular weight is 436 g/mol. The van der Waals surface area contributed by atoms with Crippen LogP contribution in [0.5, 0.6) is 5.75 Å². The van der Waals surface area contributed by atoms with Gasteiger partial charge < -0.3 is 4.74 Å². The average Bonchev–Trinajstić information content (AvgIpc) is 2.76. The summed E-state index contributed by atoms with van der Waals surface area (Å²) in [7, 11) is 0. The van der Waals surface area contributed by atoms with Crippen molar-refractivity contribution in [1.29, 1.82) is 0 Å². The zero-order valence-electron chi connectivity index (χ0n) is 20.0. The molecule has 0 fully saturated rings. The minimum absolute atomic E-state index is 0.110. The van der Waals surface area contributed by atoms with E-state index in [2.05, 4.69) is 45.0 Å². The highest BCUT2D eigenvalue weighted by Gasteiger charge is 2.13. The van der Waals surface area contributed by atoms with Crippen LogP contribution in [-0.4, -0.2) is 11.5 Å². The van der Waals surface area contributed by atoms with E-state index in [9.17, 15) is 0 Å². The number of alkyl halides is 1. The number of unbranched alkanes of at least 4 members (excludes halogenated alkanes) is 12. The predicted molar refractivity (Wildman–Crippen MR) is 135 cm³/mol. The highest BCUT2D eigenvalue weighted by atomic mass is 35.5. The number of hydrogen-bond acceptors (Lipinski definition) is 1. The Kier molecular flexibility index (Phi) is 17.3. The van der Waals surface area contributed by atoms with Gasteiger partial charge in [-0.1, -0.05) is 103 Å². The first-order valence-corrected chi connectivity index (χ1v) is 13.3. The lowest BCUT2D eigenvalue weighted by molar-refractivity contribution is 0.191. The quantitative estimate of drug-likeness (QED) is 0.146. The third kappa shape index (κ3) is 14.3. The van der Waals surface area contributed by atoms with Crippen LogP contribution in [0.3, 0.4) is 0 Å². The number of rotatable bonds is 20. The van der Waals surface area contributed by atoms with Crippen molar-refractivity contribution in [3.05, 3.63) is 36.8 Å². The van der Waals surface area contributed by atoms with Gasteiger partial charge in [0.25, 0.3) is 0 Å². The molecule has 1 rings (SSSR count). The van der Waals surface area contributed by atoms with Gasteiger partial charge >= 0.3 is 0 Å². The lowest BCUT2D eigenvalue weighted by Gasteiger charge is -2.20. The number of hydrogen-bond donors (Lipinski definition) is 0. The van der Waals surface area contributed by atoms with E-state index in [-0.39, 0.29) is 11.5 Å². The van der Waals surface area contributed by atoms with Crippen LogP contribution >= 0.6 is 11.6 Å². The van der Waals surface area contributed by atoms with Crippen molar-refractivity contribution < 1.29 is 4.74 Å². The van der Waals surface area contributed by atoms with Gasteiger partial charge in [-0.3, -0.25) is 0 Å². The Hall–Kier alpha value is -0.690. The van der Waals surface area contributed by atoms with E-state index < -0.39 is 0 Å². The summed E-state index contributed by atoms with van der Waals surface area (Å²) in [5, 5.41) is 0.172. The van der Waals surface area contributed by atoms with Gasteiger partial charge in [0.05, 0.1) is 0 Å². The highest BCUT2D eigenvalue weighted by Crippen LogP contribution is 2.21. The summed E-state index contributed by atoms with van der Waals surface area (Å²) in [5.41, 5.74) is 1.39. The van der Waals surface area contributed by atoms with Crippen LogP contribution in [0.1, 0.15) is 122 Å². The standard InChI is InChI=1S/C28H48ClO/c1-4-7-8-9-10-11-12-13-14-15-16-17-18-20-25-21-19-22-28(23-25)30-27(6-3)24-26(29)5-2/h19,21-23,26-27H,3-18,20,24H2,1-2H3. The number of benzene rings is 1. The number of halogens is 1. The Balaban J connectivity index is 2.09. The summed E-state index contributed by atoms with van der Waals surface area (Å²) < 4.78 is 6.15. The number of ether oxygens (including phenoxy) is 1. The van der Waals surface area contributed by atoms with Crippen molar-refractivity contribution in [1.82, 2.24) is 0 Å². The molecular formula is C28H48ClO. The van der Waals surface area contributed by atoms with Crippen molar-refractivity contribution in [2.24, 2.45) is 0 Å². The van der Waals surface area contributed by atoms with Crippen molar-refractivity contribution in [3.63, 3.8) is 0 Å². The van der Waals surface area contributed by atoms with Crippen LogP contribution in [0.2, 0.25) is 0 Å². The predicted octanol–water partition coefficient (Wildman–Crippen LogP) is 9.70. The van der Waals surface area contributed by atoms with E-state index >= 15 is 0 Å². The minimum atomic E-state index is 0.110. The van der Waals surface area contributed by atoms with Gasteiger partial charge in [0.15, 0.2) is 0 Å². The maximum Gasteiger partial charge on any atom is 0.119 e. The SMILES string of the molecule is [CH2]CC(CC(Cl)CC)Oc1cccc(CCCCCCCCCCCCCCC)c1. The monoisotopic (exact) mass is 435 g/mol. The van der Waals surface area contributed by atoms with Gasteiger partial charge in [0.1, 0.15) is 11.9 Å². The second kappa shape index (κ2) is 19.0. The first-order chi connectivity index (χ1) is 14.7. The molecule has 1 radical (unpaired) electrons. The smallest absolute Gasteiger partial charge is 0.119 e. The summed E-state index contributed by atoms with van der Waals surface area (Å²) in [6.07, 6.45) is 22.1.